The van der Waals surface area contributed by atoms with Crippen LogP contribution in [-0.4, -0.2) is 0 Å². The minimum atomic E-state index is -0.0439. The minimum absolute atomic E-state index is 0.0439. The second kappa shape index (κ2) is 5.06. The van der Waals surface area contributed by atoms with Crippen molar-refractivity contribution in [3.05, 3.63) is 103 Å². The Hall–Kier alpha value is -1.61. The number of hydrogen-bond acceptors (Lipinski definition) is 0. The van der Waals surface area contributed by atoms with Gasteiger partial charge in [0.1, 0.15) is 0 Å². The van der Waals surface area contributed by atoms with Crippen molar-refractivity contribution < 1.29 is 21.2 Å². The van der Waals surface area contributed by atoms with Gasteiger partial charge in [-0.15, -0.1) is 0 Å². The molecule has 0 aromatic heterocycles. The lowest BCUT2D eigenvalue weighted by Crippen LogP contribution is -3.62. The van der Waals surface area contributed by atoms with E-state index in [1.165, 1.54) is 16.7 Å². The highest BCUT2D eigenvalue weighted by atomic mass is 127. The largest absolute Gasteiger partial charge is 0.358 e. The number of hydrogen-bond donors (Lipinski definition) is 0. The first-order valence-corrected chi connectivity index (χ1v) is 8.97. The van der Waals surface area contributed by atoms with E-state index in [-0.39, 0.29) is 21.2 Å². The number of fused-ring (bicyclic) bond motifs is 2. The van der Waals surface area contributed by atoms with Crippen molar-refractivity contribution in [2.24, 2.45) is 0 Å². The summed E-state index contributed by atoms with van der Waals surface area (Å²) in [5.41, 5.74) is 4.41. The lowest BCUT2D eigenvalue weighted by atomic mass is 9.85. The molecule has 1 heterocycles. The first-order chi connectivity index (χ1) is 9.93. The molecule has 1 aliphatic heterocycles. The van der Waals surface area contributed by atoms with Crippen LogP contribution in [0.3, 0.4) is 0 Å². The Bertz CT molecular complexity index is 701. The van der Waals surface area contributed by atoms with Gasteiger partial charge in [0.25, 0.3) is 0 Å². The third kappa shape index (κ3) is 1.97. The van der Waals surface area contributed by atoms with Crippen LogP contribution in [0.5, 0.6) is 0 Å². The third-order valence-electron chi connectivity index (χ3n) is 3.77. The van der Waals surface area contributed by atoms with Gasteiger partial charge in [-0.25, -0.2) is 0 Å². The molecule has 96 valence electrons. The number of benzene rings is 3. The second-order valence-corrected chi connectivity index (χ2v) is 7.84. The lowest BCUT2D eigenvalue weighted by Gasteiger charge is -2.21. The summed E-state index contributed by atoms with van der Waals surface area (Å²) in [6.07, 6.45) is 0. The molecule has 0 saturated heterocycles. The summed E-state index contributed by atoms with van der Waals surface area (Å²) in [6.45, 7) is 0. The third-order valence-corrected chi connectivity index (χ3v) is 6.90. The van der Waals surface area contributed by atoms with Crippen LogP contribution in [0.25, 0.3) is 0 Å². The Labute approximate surface area is 129 Å². The molecule has 0 fully saturated rings. The zero-order chi connectivity index (χ0) is 13.4. The molecule has 0 saturated carbocycles. The summed E-state index contributed by atoms with van der Waals surface area (Å²) in [5.74, 6) is 0.400. The summed E-state index contributed by atoms with van der Waals surface area (Å²) >= 11 is -0.0439. The molecule has 3 aromatic rings. The fraction of sp³-hybridized carbons (Fsp3) is 0.0526. The van der Waals surface area contributed by atoms with Gasteiger partial charge in [0.05, 0.1) is 0 Å². The molecule has 1 heteroatoms. The molecule has 0 radical (unpaired) electrons. The van der Waals surface area contributed by atoms with Crippen LogP contribution in [0.1, 0.15) is 22.6 Å². The van der Waals surface area contributed by atoms with Crippen LogP contribution >= 0.6 is 0 Å². The monoisotopic (exact) mass is 369 g/mol. The van der Waals surface area contributed by atoms with Gasteiger partial charge >= 0.3 is 21.2 Å². The predicted molar refractivity (Wildman–Crippen MR) is 77.7 cm³/mol. The van der Waals surface area contributed by atoms with Crippen molar-refractivity contribution in [2.75, 3.05) is 0 Å². The zero-order valence-corrected chi connectivity index (χ0v) is 13.1. The average molecular weight is 369 g/mol. The predicted octanol–water partition coefficient (Wildman–Crippen LogP) is 1.31. The zero-order valence-electron chi connectivity index (χ0n) is 11.0. The Balaban J connectivity index is 1.98. The van der Waals surface area contributed by atoms with E-state index in [2.05, 4.69) is 78.9 Å². The molecule has 0 aliphatic carbocycles. The van der Waals surface area contributed by atoms with Crippen LogP contribution < -0.4 is 21.2 Å². The maximum Gasteiger partial charge on any atom is 0.358 e. The van der Waals surface area contributed by atoms with E-state index in [9.17, 15) is 0 Å². The minimum Gasteiger partial charge on any atom is -0.0622 e. The van der Waals surface area contributed by atoms with E-state index in [1.807, 2.05) is 0 Å². The van der Waals surface area contributed by atoms with Gasteiger partial charge in [0.2, 0.25) is 0 Å². The average Bonchev–Trinajstić information content (AvgIpc) is 2.53. The van der Waals surface area contributed by atoms with Gasteiger partial charge in [-0.2, -0.15) is 0 Å². The van der Waals surface area contributed by atoms with Crippen LogP contribution in [-0.2, 0) is 0 Å². The van der Waals surface area contributed by atoms with Gasteiger partial charge in [-0.1, -0.05) is 66.7 Å². The van der Waals surface area contributed by atoms with E-state index in [0.717, 1.165) is 0 Å². The second-order valence-electron chi connectivity index (χ2n) is 4.98. The van der Waals surface area contributed by atoms with E-state index in [1.54, 1.807) is 7.14 Å². The first kappa shape index (κ1) is 12.2. The number of halogens is 1. The van der Waals surface area contributed by atoms with E-state index in [0.29, 0.717) is 5.92 Å². The quantitative estimate of drug-likeness (QED) is 0.444. The fourth-order valence-corrected chi connectivity index (χ4v) is 5.88. The van der Waals surface area contributed by atoms with Crippen molar-refractivity contribution in [3.8, 4) is 0 Å². The highest BCUT2D eigenvalue weighted by Gasteiger charge is 2.36. The highest BCUT2D eigenvalue weighted by Crippen LogP contribution is 2.32. The van der Waals surface area contributed by atoms with Crippen LogP contribution in [0.4, 0.5) is 0 Å². The van der Waals surface area contributed by atoms with Crippen LogP contribution in [0.2, 0.25) is 0 Å². The van der Waals surface area contributed by atoms with Crippen LogP contribution in [0, 0.1) is 7.14 Å². The molecule has 0 spiro atoms. The van der Waals surface area contributed by atoms with Gasteiger partial charge in [-0.05, 0) is 17.7 Å². The molecule has 0 nitrogen and oxygen atoms in total. The maximum atomic E-state index is 2.31. The summed E-state index contributed by atoms with van der Waals surface area (Å²) < 4.78 is 3.14. The molecule has 20 heavy (non-hydrogen) atoms. The van der Waals surface area contributed by atoms with E-state index >= 15 is 0 Å². The van der Waals surface area contributed by atoms with Crippen molar-refractivity contribution in [1.82, 2.24) is 0 Å². The highest BCUT2D eigenvalue weighted by molar-refractivity contribution is 5.43. The van der Waals surface area contributed by atoms with Crippen LogP contribution in [0.15, 0.2) is 78.9 Å². The maximum absolute atomic E-state index is 2.31. The lowest BCUT2D eigenvalue weighted by molar-refractivity contribution is -0.601. The first-order valence-electron chi connectivity index (χ1n) is 6.81. The standard InChI is InChI=1S/C19H14I/c1-2-8-14(9-3-1)19-15-10-4-6-12-17(15)20-18-13-7-5-11-16(18)19/h1-13,19H/q+1. The molecule has 0 amide bonds. The topological polar surface area (TPSA) is 0 Å². The Morgan fingerprint density at radius 1 is 0.550 bits per heavy atom. The summed E-state index contributed by atoms with van der Waals surface area (Å²) in [4.78, 5) is 0. The van der Waals surface area contributed by atoms with Gasteiger partial charge in [-0.3, -0.25) is 0 Å². The number of rotatable bonds is 1. The van der Waals surface area contributed by atoms with Gasteiger partial charge in [0, 0.05) is 17.0 Å². The van der Waals surface area contributed by atoms with Crippen molar-refractivity contribution in [2.45, 2.75) is 5.92 Å². The molecule has 0 N–H and O–H groups in total. The van der Waals surface area contributed by atoms with Crippen molar-refractivity contribution in [3.63, 3.8) is 0 Å². The van der Waals surface area contributed by atoms with E-state index < -0.39 is 0 Å². The SMILES string of the molecule is c1ccc(C2c3ccccc3[I+]c3ccccc32)cc1. The molecular formula is C19H14I+. The Kier molecular flexibility index (Phi) is 3.07. The molecule has 3 aromatic carbocycles. The fourth-order valence-electron chi connectivity index (χ4n) is 2.87. The molecule has 0 unspecified atom stereocenters. The molecule has 0 bridgehead atoms. The summed E-state index contributed by atoms with van der Waals surface area (Å²) in [7, 11) is 0. The molecular weight excluding hydrogens is 355 g/mol. The molecule has 1 aliphatic rings. The van der Waals surface area contributed by atoms with Crippen molar-refractivity contribution >= 4 is 0 Å². The Morgan fingerprint density at radius 3 is 1.65 bits per heavy atom. The van der Waals surface area contributed by atoms with Gasteiger partial charge < -0.3 is 0 Å². The normalized spacial score (nSPS) is 13.6. The van der Waals surface area contributed by atoms with Gasteiger partial charge in [0.15, 0.2) is 7.14 Å². The molecule has 0 atom stereocenters. The Morgan fingerprint density at radius 2 is 1.05 bits per heavy atom. The smallest absolute Gasteiger partial charge is 0.0622 e. The summed E-state index contributed by atoms with van der Waals surface area (Å²) in [6, 6.07) is 28.8. The van der Waals surface area contributed by atoms with E-state index in [4.69, 9.17) is 0 Å². The van der Waals surface area contributed by atoms with Crippen molar-refractivity contribution in [1.29, 1.82) is 0 Å². The molecule has 4 rings (SSSR count). The summed E-state index contributed by atoms with van der Waals surface area (Å²) in [5, 5.41) is 0.